The molecule has 0 aliphatic heterocycles. The van der Waals surface area contributed by atoms with Crippen molar-refractivity contribution in [3.05, 3.63) is 24.6 Å². The van der Waals surface area contributed by atoms with Crippen molar-refractivity contribution in [1.29, 1.82) is 0 Å². The van der Waals surface area contributed by atoms with E-state index in [2.05, 4.69) is 23.3 Å². The fourth-order valence-corrected chi connectivity index (χ4v) is 0.893. The number of nitrogens with zero attached hydrogens (tertiary/aromatic N) is 3. The van der Waals surface area contributed by atoms with Crippen molar-refractivity contribution >= 4 is 12.6 Å². The van der Waals surface area contributed by atoms with Gasteiger partial charge in [0.25, 0.3) is 0 Å². The van der Waals surface area contributed by atoms with Crippen molar-refractivity contribution in [3.63, 3.8) is 0 Å². The number of rotatable bonds is 3. The molecule has 0 heterocycles. The molecule has 0 saturated heterocycles. The summed E-state index contributed by atoms with van der Waals surface area (Å²) in [5.74, 6) is 0.845. The zero-order valence-corrected chi connectivity index (χ0v) is 7.91. The predicted octanol–water partition coefficient (Wildman–Crippen LogP) is 1.69. The van der Waals surface area contributed by atoms with Crippen LogP contribution < -0.4 is 0 Å². The maximum Gasteiger partial charge on any atom is 0.131 e. The van der Waals surface area contributed by atoms with E-state index in [4.69, 9.17) is 0 Å². The molecule has 0 rings (SSSR count). The Labute approximate surface area is 73.8 Å². The third kappa shape index (κ3) is 2.70. The van der Waals surface area contributed by atoms with Crippen LogP contribution in [0.1, 0.15) is 6.92 Å². The van der Waals surface area contributed by atoms with Gasteiger partial charge in [0.2, 0.25) is 0 Å². The summed E-state index contributed by atoms with van der Waals surface area (Å²) < 4.78 is 0. The van der Waals surface area contributed by atoms with Gasteiger partial charge in [-0.05, 0) is 19.8 Å². The molecule has 0 aromatic carbocycles. The lowest BCUT2D eigenvalue weighted by molar-refractivity contribution is 0.687. The highest BCUT2D eigenvalue weighted by molar-refractivity contribution is 5.98. The van der Waals surface area contributed by atoms with E-state index >= 15 is 0 Å². The first-order valence-electron chi connectivity index (χ1n) is 3.62. The number of hydrogen-bond acceptors (Lipinski definition) is 2. The van der Waals surface area contributed by atoms with Gasteiger partial charge < -0.3 is 4.90 Å². The fourth-order valence-electron chi connectivity index (χ4n) is 0.893. The summed E-state index contributed by atoms with van der Waals surface area (Å²) in [5, 5.41) is 0. The van der Waals surface area contributed by atoms with E-state index in [1.165, 1.54) is 0 Å². The maximum absolute atomic E-state index is 4.09. The standard InChI is InChI=1S/C9H15N3/c1-6-12(5)9(11-4)8(2)7-10-3/h6-7H,1,3H2,2,4-5H3/b8-7-,11-9+. The fraction of sp³-hybridized carbons (Fsp3) is 0.333. The average molecular weight is 165 g/mol. The minimum absolute atomic E-state index is 0.845. The highest BCUT2D eigenvalue weighted by atomic mass is 15.1. The van der Waals surface area contributed by atoms with E-state index in [0.29, 0.717) is 0 Å². The largest absolute Gasteiger partial charge is 0.337 e. The summed E-state index contributed by atoms with van der Waals surface area (Å²) in [6.07, 6.45) is 3.37. The van der Waals surface area contributed by atoms with Gasteiger partial charge in [0.1, 0.15) is 5.84 Å². The summed E-state index contributed by atoms with van der Waals surface area (Å²) in [6.45, 7) is 8.95. The summed E-state index contributed by atoms with van der Waals surface area (Å²) in [4.78, 5) is 9.59. The van der Waals surface area contributed by atoms with Crippen LogP contribution >= 0.6 is 0 Å². The summed E-state index contributed by atoms with van der Waals surface area (Å²) >= 11 is 0. The van der Waals surface area contributed by atoms with E-state index < -0.39 is 0 Å². The van der Waals surface area contributed by atoms with Gasteiger partial charge in [-0.25, -0.2) is 0 Å². The Morgan fingerprint density at radius 1 is 1.50 bits per heavy atom. The molecule has 0 fully saturated rings. The van der Waals surface area contributed by atoms with Gasteiger partial charge in [-0.2, -0.15) is 0 Å². The van der Waals surface area contributed by atoms with Crippen LogP contribution in [0.25, 0.3) is 0 Å². The van der Waals surface area contributed by atoms with Crippen molar-refractivity contribution < 1.29 is 0 Å². The van der Waals surface area contributed by atoms with Gasteiger partial charge in [0.05, 0.1) is 0 Å². The molecule has 0 spiro atoms. The van der Waals surface area contributed by atoms with Crippen molar-refractivity contribution in [1.82, 2.24) is 4.90 Å². The van der Waals surface area contributed by atoms with Gasteiger partial charge in [0, 0.05) is 25.9 Å². The minimum atomic E-state index is 0.845. The van der Waals surface area contributed by atoms with Crippen molar-refractivity contribution in [2.45, 2.75) is 6.92 Å². The average Bonchev–Trinajstić information content (AvgIpc) is 2.06. The number of amidine groups is 1. The number of hydrogen-bond donors (Lipinski definition) is 0. The van der Waals surface area contributed by atoms with E-state index in [9.17, 15) is 0 Å². The summed E-state index contributed by atoms with van der Waals surface area (Å²) in [6, 6.07) is 0. The lowest BCUT2D eigenvalue weighted by Crippen LogP contribution is -2.21. The molecule has 12 heavy (non-hydrogen) atoms. The number of aliphatic imine (C=N–C) groups is 2. The van der Waals surface area contributed by atoms with Gasteiger partial charge in [-0.1, -0.05) is 6.58 Å². The molecule has 0 aliphatic carbocycles. The molecule has 0 N–H and O–H groups in total. The second-order valence-electron chi connectivity index (χ2n) is 2.34. The maximum atomic E-state index is 4.09. The van der Waals surface area contributed by atoms with Crippen molar-refractivity contribution in [2.24, 2.45) is 9.98 Å². The lowest BCUT2D eigenvalue weighted by atomic mass is 10.3. The van der Waals surface area contributed by atoms with Crippen LogP contribution in [0.4, 0.5) is 0 Å². The molecule has 0 saturated carbocycles. The van der Waals surface area contributed by atoms with Gasteiger partial charge >= 0.3 is 0 Å². The van der Waals surface area contributed by atoms with Crippen LogP contribution in [0, 0.1) is 0 Å². The van der Waals surface area contributed by atoms with E-state index in [1.807, 2.05) is 18.9 Å². The Morgan fingerprint density at radius 3 is 2.42 bits per heavy atom. The van der Waals surface area contributed by atoms with Crippen molar-refractivity contribution in [3.8, 4) is 0 Å². The Balaban J connectivity index is 4.68. The first-order chi connectivity index (χ1) is 5.67. The quantitative estimate of drug-likeness (QED) is 0.462. The molecule has 0 aromatic rings. The summed E-state index contributed by atoms with van der Waals surface area (Å²) in [7, 11) is 3.62. The molecule has 66 valence electrons. The Bertz CT molecular complexity index is 226. The van der Waals surface area contributed by atoms with E-state index in [0.717, 1.165) is 11.4 Å². The van der Waals surface area contributed by atoms with Gasteiger partial charge in [-0.15, -0.1) is 0 Å². The normalized spacial score (nSPS) is 12.6. The van der Waals surface area contributed by atoms with Crippen LogP contribution in [0.2, 0.25) is 0 Å². The third-order valence-corrected chi connectivity index (χ3v) is 1.46. The predicted molar refractivity (Wildman–Crippen MR) is 54.6 cm³/mol. The van der Waals surface area contributed by atoms with Gasteiger partial charge in [-0.3, -0.25) is 9.98 Å². The van der Waals surface area contributed by atoms with Crippen LogP contribution in [0.5, 0.6) is 0 Å². The molecule has 3 nitrogen and oxygen atoms in total. The molecule has 0 radical (unpaired) electrons. The molecule has 3 heteroatoms. The zero-order valence-electron chi connectivity index (χ0n) is 7.91. The molecule has 0 amide bonds. The topological polar surface area (TPSA) is 28.0 Å². The molecule has 0 unspecified atom stereocenters. The highest BCUT2D eigenvalue weighted by Gasteiger charge is 2.03. The van der Waals surface area contributed by atoms with Gasteiger partial charge in [0.15, 0.2) is 0 Å². The molecular formula is C9H15N3. The van der Waals surface area contributed by atoms with E-state index in [-0.39, 0.29) is 0 Å². The second kappa shape index (κ2) is 5.29. The Hall–Kier alpha value is -1.38. The first kappa shape index (κ1) is 10.6. The molecular weight excluding hydrogens is 150 g/mol. The van der Waals surface area contributed by atoms with Crippen molar-refractivity contribution in [2.75, 3.05) is 14.1 Å². The SMILES string of the molecule is C=CN(C)C(=N/C)/C(C)=C\N=C. The zero-order chi connectivity index (χ0) is 9.56. The second-order valence-corrected chi connectivity index (χ2v) is 2.34. The van der Waals surface area contributed by atoms with Crippen LogP contribution in [-0.4, -0.2) is 31.5 Å². The smallest absolute Gasteiger partial charge is 0.131 e. The Morgan fingerprint density at radius 2 is 2.08 bits per heavy atom. The monoisotopic (exact) mass is 165 g/mol. The van der Waals surface area contributed by atoms with E-state index in [1.54, 1.807) is 19.4 Å². The summed E-state index contributed by atoms with van der Waals surface area (Å²) in [5.41, 5.74) is 0.968. The third-order valence-electron chi connectivity index (χ3n) is 1.46. The number of likely N-dealkylation sites (N-methyl/N-ethyl adjacent to an activating group) is 1. The van der Waals surface area contributed by atoms with Crippen LogP contribution in [0.15, 0.2) is 34.5 Å². The molecule has 0 atom stereocenters. The molecule has 0 aliphatic rings. The highest BCUT2D eigenvalue weighted by Crippen LogP contribution is 2.01. The molecule has 0 aromatic heterocycles. The Kier molecular flexibility index (Phi) is 4.69. The van der Waals surface area contributed by atoms with Crippen LogP contribution in [-0.2, 0) is 0 Å². The molecule has 0 bridgehead atoms. The minimum Gasteiger partial charge on any atom is -0.337 e. The van der Waals surface area contributed by atoms with Crippen LogP contribution in [0.3, 0.4) is 0 Å². The first-order valence-corrected chi connectivity index (χ1v) is 3.62. The lowest BCUT2D eigenvalue weighted by Gasteiger charge is -2.15.